The molecule has 18 heavy (non-hydrogen) atoms. The molecule has 1 aliphatic rings. The van der Waals surface area contributed by atoms with E-state index in [1.54, 1.807) is 18.7 Å². The number of nitrogens with two attached hydrogens (primary N) is 1. The van der Waals surface area contributed by atoms with Gasteiger partial charge in [-0.1, -0.05) is 20.8 Å². The molecule has 0 spiro atoms. The predicted molar refractivity (Wildman–Crippen MR) is 75.1 cm³/mol. The predicted octanol–water partition coefficient (Wildman–Crippen LogP) is 0.306. The summed E-state index contributed by atoms with van der Waals surface area (Å²) in [5.74, 6) is 1.04. The fourth-order valence-corrected chi connectivity index (χ4v) is 4.77. The molecule has 1 rings (SSSR count). The Balaban J connectivity index is 2.93. The summed E-state index contributed by atoms with van der Waals surface area (Å²) in [6.45, 7) is 5.81. The second-order valence-corrected chi connectivity index (χ2v) is 8.38. The minimum Gasteiger partial charge on any atom is -0.323 e. The first-order chi connectivity index (χ1) is 8.31. The van der Waals surface area contributed by atoms with Crippen molar-refractivity contribution in [2.45, 2.75) is 32.2 Å². The molecule has 0 saturated carbocycles. The molecule has 1 saturated heterocycles. The number of carbonyl (C=O) groups is 1. The SMILES string of the molecule is CCS(=O)(=O)C1CSCCN1C(=O)[C@@H](N)C(C)C. The van der Waals surface area contributed by atoms with E-state index >= 15 is 0 Å². The maximum atomic E-state index is 12.2. The third kappa shape index (κ3) is 3.39. The van der Waals surface area contributed by atoms with E-state index in [9.17, 15) is 13.2 Å². The van der Waals surface area contributed by atoms with Gasteiger partial charge in [0.15, 0.2) is 9.84 Å². The smallest absolute Gasteiger partial charge is 0.240 e. The first-order valence-corrected chi connectivity index (χ1v) is 9.03. The van der Waals surface area contributed by atoms with E-state index in [0.29, 0.717) is 12.3 Å². The van der Waals surface area contributed by atoms with Gasteiger partial charge in [0.2, 0.25) is 5.91 Å². The molecular formula is C11H22N2O3S2. The van der Waals surface area contributed by atoms with Crippen LogP contribution in [0.3, 0.4) is 0 Å². The third-order valence-electron chi connectivity index (χ3n) is 3.19. The summed E-state index contributed by atoms with van der Waals surface area (Å²) in [5, 5.41) is -0.710. The van der Waals surface area contributed by atoms with Gasteiger partial charge in [-0.3, -0.25) is 4.79 Å². The second kappa shape index (κ2) is 6.25. The summed E-state index contributed by atoms with van der Waals surface area (Å²) in [6, 6.07) is -0.623. The van der Waals surface area contributed by atoms with E-state index < -0.39 is 21.3 Å². The van der Waals surface area contributed by atoms with Crippen LogP contribution in [0, 0.1) is 5.92 Å². The van der Waals surface area contributed by atoms with E-state index in [1.807, 2.05) is 13.8 Å². The summed E-state index contributed by atoms with van der Waals surface area (Å²) in [6.07, 6.45) is 0. The number of hydrogen-bond donors (Lipinski definition) is 1. The van der Waals surface area contributed by atoms with Crippen molar-refractivity contribution in [1.29, 1.82) is 0 Å². The Morgan fingerprint density at radius 3 is 2.61 bits per heavy atom. The maximum absolute atomic E-state index is 12.2. The van der Waals surface area contributed by atoms with Gasteiger partial charge in [0.25, 0.3) is 0 Å². The molecule has 1 heterocycles. The minimum atomic E-state index is -3.25. The van der Waals surface area contributed by atoms with Crippen molar-refractivity contribution in [2.24, 2.45) is 11.7 Å². The standard InChI is InChI=1S/C11H22N2O3S2/c1-4-18(15,16)9-7-17-6-5-13(9)11(14)10(12)8(2)3/h8-10H,4-7,12H2,1-3H3/t9?,10-/m0/s1. The van der Waals surface area contributed by atoms with Crippen LogP contribution in [-0.4, -0.2) is 54.4 Å². The van der Waals surface area contributed by atoms with Gasteiger partial charge in [-0.25, -0.2) is 8.42 Å². The zero-order chi connectivity index (χ0) is 13.9. The average molecular weight is 294 g/mol. The van der Waals surface area contributed by atoms with Gasteiger partial charge >= 0.3 is 0 Å². The molecule has 1 fully saturated rings. The average Bonchev–Trinajstić information content (AvgIpc) is 2.36. The molecule has 0 aliphatic carbocycles. The largest absolute Gasteiger partial charge is 0.323 e. The summed E-state index contributed by atoms with van der Waals surface area (Å²) in [4.78, 5) is 13.7. The Labute approximate surface area is 113 Å². The van der Waals surface area contributed by atoms with Gasteiger partial charge < -0.3 is 10.6 Å². The molecular weight excluding hydrogens is 272 g/mol. The van der Waals surface area contributed by atoms with Crippen molar-refractivity contribution in [1.82, 2.24) is 4.90 Å². The van der Waals surface area contributed by atoms with Crippen LogP contribution in [0.5, 0.6) is 0 Å². The number of carbonyl (C=O) groups excluding carboxylic acids is 1. The van der Waals surface area contributed by atoms with Crippen LogP contribution in [0.4, 0.5) is 0 Å². The molecule has 2 N–H and O–H groups in total. The molecule has 106 valence electrons. The van der Waals surface area contributed by atoms with Crippen molar-refractivity contribution >= 4 is 27.5 Å². The van der Waals surface area contributed by atoms with Crippen molar-refractivity contribution in [3.63, 3.8) is 0 Å². The topological polar surface area (TPSA) is 80.5 Å². The molecule has 0 bridgehead atoms. The second-order valence-electron chi connectivity index (χ2n) is 4.78. The van der Waals surface area contributed by atoms with E-state index in [1.165, 1.54) is 4.90 Å². The molecule has 0 aromatic rings. The quantitative estimate of drug-likeness (QED) is 0.807. The Bertz CT molecular complexity index is 395. The number of hydrogen-bond acceptors (Lipinski definition) is 5. The normalized spacial score (nSPS) is 23.2. The van der Waals surface area contributed by atoms with Crippen molar-refractivity contribution < 1.29 is 13.2 Å². The van der Waals surface area contributed by atoms with Crippen LogP contribution in [0.1, 0.15) is 20.8 Å². The van der Waals surface area contributed by atoms with E-state index in [4.69, 9.17) is 5.73 Å². The Kier molecular flexibility index (Phi) is 5.48. The summed E-state index contributed by atoms with van der Waals surface area (Å²) in [5.41, 5.74) is 5.84. The Hall–Kier alpha value is -0.270. The number of sulfone groups is 1. The fraction of sp³-hybridized carbons (Fsp3) is 0.909. The zero-order valence-electron chi connectivity index (χ0n) is 11.1. The molecule has 0 aromatic carbocycles. The van der Waals surface area contributed by atoms with E-state index in [-0.39, 0.29) is 17.6 Å². The fourth-order valence-electron chi connectivity index (χ4n) is 1.80. The summed E-state index contributed by atoms with van der Waals surface area (Å²) in [7, 11) is -3.25. The monoisotopic (exact) mass is 294 g/mol. The highest BCUT2D eigenvalue weighted by atomic mass is 32.2. The van der Waals surface area contributed by atoms with Gasteiger partial charge in [-0.2, -0.15) is 11.8 Å². The van der Waals surface area contributed by atoms with Crippen molar-refractivity contribution in [3.05, 3.63) is 0 Å². The van der Waals surface area contributed by atoms with Gasteiger partial charge in [-0.15, -0.1) is 0 Å². The van der Waals surface area contributed by atoms with Crippen LogP contribution in [-0.2, 0) is 14.6 Å². The van der Waals surface area contributed by atoms with Crippen LogP contribution in [0.15, 0.2) is 0 Å². The molecule has 0 radical (unpaired) electrons. The molecule has 0 aromatic heterocycles. The number of nitrogens with zero attached hydrogens (tertiary/aromatic N) is 1. The van der Waals surface area contributed by atoms with E-state index in [2.05, 4.69) is 0 Å². The van der Waals surface area contributed by atoms with Crippen molar-refractivity contribution in [3.8, 4) is 0 Å². The van der Waals surface area contributed by atoms with E-state index in [0.717, 1.165) is 5.75 Å². The first kappa shape index (κ1) is 15.8. The molecule has 1 aliphatic heterocycles. The first-order valence-electron chi connectivity index (χ1n) is 6.16. The maximum Gasteiger partial charge on any atom is 0.240 e. The lowest BCUT2D eigenvalue weighted by atomic mass is 10.0. The molecule has 1 unspecified atom stereocenters. The summed E-state index contributed by atoms with van der Waals surface area (Å²) < 4.78 is 24.0. The van der Waals surface area contributed by atoms with Crippen molar-refractivity contribution in [2.75, 3.05) is 23.8 Å². The van der Waals surface area contributed by atoms with Gasteiger partial charge in [-0.05, 0) is 5.92 Å². The minimum absolute atomic E-state index is 0.0112. The molecule has 5 nitrogen and oxygen atoms in total. The molecule has 1 amide bonds. The number of rotatable bonds is 4. The number of amides is 1. The Morgan fingerprint density at radius 2 is 2.11 bits per heavy atom. The number of thioether (sulfide) groups is 1. The van der Waals surface area contributed by atoms with Crippen LogP contribution < -0.4 is 5.73 Å². The third-order valence-corrected chi connectivity index (χ3v) is 6.48. The zero-order valence-corrected chi connectivity index (χ0v) is 12.8. The van der Waals surface area contributed by atoms with Crippen LogP contribution in [0.2, 0.25) is 0 Å². The van der Waals surface area contributed by atoms with Crippen LogP contribution in [0.25, 0.3) is 0 Å². The lowest BCUT2D eigenvalue weighted by Gasteiger charge is -2.36. The van der Waals surface area contributed by atoms with Crippen LogP contribution >= 0.6 is 11.8 Å². The van der Waals surface area contributed by atoms with Gasteiger partial charge in [0, 0.05) is 23.8 Å². The Morgan fingerprint density at radius 1 is 1.50 bits per heavy atom. The molecule has 7 heteroatoms. The highest BCUT2D eigenvalue weighted by molar-refractivity contribution is 8.01. The summed E-state index contributed by atoms with van der Waals surface area (Å²) >= 11 is 1.57. The van der Waals surface area contributed by atoms with Gasteiger partial charge in [0.05, 0.1) is 6.04 Å². The highest BCUT2D eigenvalue weighted by Crippen LogP contribution is 2.22. The molecule has 2 atom stereocenters. The lowest BCUT2D eigenvalue weighted by molar-refractivity contribution is -0.133. The highest BCUT2D eigenvalue weighted by Gasteiger charge is 2.37. The lowest BCUT2D eigenvalue weighted by Crippen LogP contribution is -2.56. The van der Waals surface area contributed by atoms with Gasteiger partial charge in [0.1, 0.15) is 5.37 Å².